The zero-order chi connectivity index (χ0) is 12.2. The normalized spacial score (nSPS) is 15.9. The fourth-order valence-corrected chi connectivity index (χ4v) is 2.20. The molecule has 0 rings (SSSR count). The van der Waals surface area contributed by atoms with Gasteiger partial charge < -0.3 is 0 Å². The molecule has 0 aliphatic carbocycles. The number of hydrogen-bond acceptors (Lipinski definition) is 2. The topological polar surface area (TPSA) is 47.6 Å². The van der Waals surface area contributed by atoms with Gasteiger partial charge in [-0.15, -0.1) is 0 Å². The third-order valence-corrected chi connectivity index (χ3v) is 3.26. The highest BCUT2D eigenvalue weighted by atomic mass is 14.4. The molecule has 2 atom stereocenters. The Hall–Kier alpha value is -1.02. The van der Waals surface area contributed by atoms with Crippen LogP contribution in [0.2, 0.25) is 0 Å². The second-order valence-corrected chi connectivity index (χ2v) is 5.73. The fourth-order valence-electron chi connectivity index (χ4n) is 2.20. The molecule has 0 N–H and O–H groups in total. The minimum absolute atomic E-state index is 0.000185. The summed E-state index contributed by atoms with van der Waals surface area (Å²) in [4.78, 5) is 0. The van der Waals surface area contributed by atoms with Crippen LogP contribution in [0.25, 0.3) is 0 Å². The second kappa shape index (κ2) is 5.17. The molecule has 0 aromatic carbocycles. The molecule has 15 heavy (non-hydrogen) atoms. The van der Waals surface area contributed by atoms with E-state index in [4.69, 9.17) is 10.5 Å². The van der Waals surface area contributed by atoms with Crippen LogP contribution in [-0.2, 0) is 0 Å². The third-order valence-electron chi connectivity index (χ3n) is 3.26. The number of nitrogens with zero attached hydrogens (tertiary/aromatic N) is 2. The van der Waals surface area contributed by atoms with Crippen molar-refractivity contribution in [3.8, 4) is 12.1 Å². The van der Waals surface area contributed by atoms with Crippen LogP contribution < -0.4 is 0 Å². The minimum Gasteiger partial charge on any atom is -0.197 e. The molecule has 0 fully saturated rings. The summed E-state index contributed by atoms with van der Waals surface area (Å²) in [5.74, 6) is 0.516. The van der Waals surface area contributed by atoms with Crippen molar-refractivity contribution in [1.29, 1.82) is 10.5 Å². The van der Waals surface area contributed by atoms with Crippen LogP contribution in [0.15, 0.2) is 0 Å². The SMILES string of the molecule is CC(C)[C@@H](C)[C@@H](C(C#N)C#N)C(C)(C)C. The molecule has 2 heteroatoms. The summed E-state index contributed by atoms with van der Waals surface area (Å²) in [6, 6.07) is 4.27. The molecular weight excluding hydrogens is 184 g/mol. The lowest BCUT2D eigenvalue weighted by Gasteiger charge is -2.38. The van der Waals surface area contributed by atoms with Gasteiger partial charge in [-0.2, -0.15) is 10.5 Å². The molecule has 0 unspecified atom stereocenters. The van der Waals surface area contributed by atoms with Crippen molar-refractivity contribution >= 4 is 0 Å². The molecule has 0 amide bonds. The van der Waals surface area contributed by atoms with Gasteiger partial charge in [0.25, 0.3) is 0 Å². The highest BCUT2D eigenvalue weighted by Crippen LogP contribution is 2.40. The monoisotopic (exact) mass is 206 g/mol. The Labute approximate surface area is 93.9 Å². The Bertz CT molecular complexity index is 258. The summed E-state index contributed by atoms with van der Waals surface area (Å²) in [6.45, 7) is 12.8. The molecule has 0 aliphatic heterocycles. The Balaban J connectivity index is 5.10. The largest absolute Gasteiger partial charge is 0.197 e. The lowest BCUT2D eigenvalue weighted by Crippen LogP contribution is -2.34. The van der Waals surface area contributed by atoms with Gasteiger partial charge >= 0.3 is 0 Å². The van der Waals surface area contributed by atoms with Gasteiger partial charge in [-0.25, -0.2) is 0 Å². The first-order valence-corrected chi connectivity index (χ1v) is 5.55. The standard InChI is InChI=1S/C13H22N2/c1-9(2)10(3)12(13(4,5)6)11(7-14)8-15/h9-12H,1-6H3/t10-,12+/m1/s1. The van der Waals surface area contributed by atoms with Crippen molar-refractivity contribution in [3.05, 3.63) is 0 Å². The van der Waals surface area contributed by atoms with Crippen LogP contribution in [0.1, 0.15) is 41.5 Å². The van der Waals surface area contributed by atoms with Crippen LogP contribution >= 0.6 is 0 Å². The van der Waals surface area contributed by atoms with Crippen LogP contribution in [0, 0.1) is 51.7 Å². The van der Waals surface area contributed by atoms with E-state index < -0.39 is 5.92 Å². The zero-order valence-electron chi connectivity index (χ0n) is 10.7. The van der Waals surface area contributed by atoms with E-state index in [1.165, 1.54) is 0 Å². The maximum absolute atomic E-state index is 9.02. The molecule has 0 saturated carbocycles. The quantitative estimate of drug-likeness (QED) is 0.708. The molecule has 0 aromatic heterocycles. The van der Waals surface area contributed by atoms with Crippen LogP contribution in [-0.4, -0.2) is 0 Å². The van der Waals surface area contributed by atoms with Gasteiger partial charge in [-0.1, -0.05) is 41.5 Å². The van der Waals surface area contributed by atoms with Crippen molar-refractivity contribution in [2.75, 3.05) is 0 Å². The van der Waals surface area contributed by atoms with Gasteiger partial charge in [0, 0.05) is 0 Å². The molecule has 0 aromatic rings. The van der Waals surface area contributed by atoms with Crippen molar-refractivity contribution in [2.24, 2.45) is 29.1 Å². The summed E-state index contributed by atoms with van der Waals surface area (Å²) >= 11 is 0. The lowest BCUT2D eigenvalue weighted by atomic mass is 9.65. The van der Waals surface area contributed by atoms with E-state index in [0.29, 0.717) is 11.8 Å². The van der Waals surface area contributed by atoms with Crippen LogP contribution in [0.5, 0.6) is 0 Å². The van der Waals surface area contributed by atoms with Crippen LogP contribution in [0.4, 0.5) is 0 Å². The smallest absolute Gasteiger partial charge is 0.136 e. The minimum atomic E-state index is -0.498. The molecule has 0 bridgehead atoms. The maximum Gasteiger partial charge on any atom is 0.136 e. The fraction of sp³-hybridized carbons (Fsp3) is 0.846. The van der Waals surface area contributed by atoms with Gasteiger partial charge in [0.15, 0.2) is 0 Å². The predicted octanol–water partition coefficient (Wildman–Crippen LogP) is 3.60. The van der Waals surface area contributed by atoms with E-state index in [2.05, 4.69) is 53.7 Å². The Morgan fingerprint density at radius 3 is 1.53 bits per heavy atom. The molecule has 0 heterocycles. The molecule has 0 aliphatic rings. The summed E-state index contributed by atoms with van der Waals surface area (Å²) in [5, 5.41) is 18.0. The first-order valence-electron chi connectivity index (χ1n) is 5.55. The summed E-state index contributed by atoms with van der Waals surface area (Å²) < 4.78 is 0. The average Bonchev–Trinajstić information content (AvgIpc) is 2.10. The Morgan fingerprint density at radius 1 is 0.933 bits per heavy atom. The highest BCUT2D eigenvalue weighted by Gasteiger charge is 2.37. The van der Waals surface area contributed by atoms with E-state index in [1.54, 1.807) is 0 Å². The van der Waals surface area contributed by atoms with E-state index in [1.807, 2.05) is 0 Å². The molecule has 0 saturated heterocycles. The highest BCUT2D eigenvalue weighted by molar-refractivity contribution is 5.06. The van der Waals surface area contributed by atoms with E-state index in [9.17, 15) is 0 Å². The Kier molecular flexibility index (Phi) is 4.82. The molecule has 2 nitrogen and oxygen atoms in total. The maximum atomic E-state index is 9.02. The van der Waals surface area contributed by atoms with Gasteiger partial charge in [0.05, 0.1) is 12.1 Å². The zero-order valence-corrected chi connectivity index (χ0v) is 10.7. The Morgan fingerprint density at radius 2 is 1.33 bits per heavy atom. The van der Waals surface area contributed by atoms with Crippen molar-refractivity contribution < 1.29 is 0 Å². The summed E-state index contributed by atoms with van der Waals surface area (Å²) in [6.07, 6.45) is 0. The van der Waals surface area contributed by atoms with Crippen molar-refractivity contribution in [1.82, 2.24) is 0 Å². The second-order valence-electron chi connectivity index (χ2n) is 5.73. The van der Waals surface area contributed by atoms with Crippen molar-refractivity contribution in [2.45, 2.75) is 41.5 Å². The lowest BCUT2D eigenvalue weighted by molar-refractivity contribution is 0.114. The molecule has 0 spiro atoms. The van der Waals surface area contributed by atoms with Crippen molar-refractivity contribution in [3.63, 3.8) is 0 Å². The number of hydrogen-bond donors (Lipinski definition) is 0. The molecule has 0 radical (unpaired) electrons. The summed E-state index contributed by atoms with van der Waals surface area (Å²) in [5.41, 5.74) is -0.000185. The number of rotatable bonds is 3. The third kappa shape index (κ3) is 3.56. The first-order chi connectivity index (χ1) is 6.75. The number of nitriles is 2. The van der Waals surface area contributed by atoms with Gasteiger partial charge in [-0.3, -0.25) is 0 Å². The first kappa shape index (κ1) is 14.0. The van der Waals surface area contributed by atoms with E-state index >= 15 is 0 Å². The van der Waals surface area contributed by atoms with Gasteiger partial charge in [-0.05, 0) is 23.2 Å². The van der Waals surface area contributed by atoms with Gasteiger partial charge in [0.1, 0.15) is 5.92 Å². The van der Waals surface area contributed by atoms with Crippen LogP contribution in [0.3, 0.4) is 0 Å². The average molecular weight is 206 g/mol. The van der Waals surface area contributed by atoms with Gasteiger partial charge in [0.2, 0.25) is 0 Å². The predicted molar refractivity (Wildman–Crippen MR) is 61.7 cm³/mol. The molecular formula is C13H22N2. The summed E-state index contributed by atoms with van der Waals surface area (Å²) in [7, 11) is 0. The van der Waals surface area contributed by atoms with E-state index in [0.717, 1.165) is 0 Å². The van der Waals surface area contributed by atoms with E-state index in [-0.39, 0.29) is 11.3 Å². The molecule has 84 valence electrons.